The number of carbonyl (C=O) groups excluding carboxylic acids is 2. The van der Waals surface area contributed by atoms with Crippen LogP contribution in [-0.2, 0) is 29.1 Å². The first-order chi connectivity index (χ1) is 18.5. The van der Waals surface area contributed by atoms with Crippen molar-refractivity contribution in [2.24, 2.45) is 11.7 Å². The number of nitrogens with zero attached hydrogens (tertiary/aromatic N) is 5. The Bertz CT molecular complexity index is 1580. The van der Waals surface area contributed by atoms with Gasteiger partial charge in [0.25, 0.3) is 0 Å². The van der Waals surface area contributed by atoms with Crippen LogP contribution in [0.1, 0.15) is 35.1 Å². The number of nitrogens with two attached hydrogens (primary N) is 1. The molecule has 2 aliphatic heterocycles. The van der Waals surface area contributed by atoms with Gasteiger partial charge in [0.1, 0.15) is 18.5 Å². The van der Waals surface area contributed by atoms with Crippen molar-refractivity contribution in [3.63, 3.8) is 0 Å². The van der Waals surface area contributed by atoms with Gasteiger partial charge in [0, 0.05) is 31.1 Å². The second kappa shape index (κ2) is 9.71. The standard InChI is InChI=1S/C29H28N6O3/c30-16-22-21-12-15-34(29(37)38-18-19-6-2-1-3-7-19)17-23(21)28(33-13-10-20(11-14-33)26(31)36)35-25-9-5-4-8-24(25)32-27(22)35/h1-9,20H,10-15,17-18H2,(H2,31,36). The normalized spacial score (nSPS) is 15.9. The fourth-order valence-electron chi connectivity index (χ4n) is 5.71. The highest BCUT2D eigenvalue weighted by atomic mass is 16.6. The Morgan fingerprint density at radius 1 is 1.03 bits per heavy atom. The quantitative estimate of drug-likeness (QED) is 0.449. The molecule has 192 valence electrons. The number of ether oxygens (including phenoxy) is 1. The SMILES string of the molecule is N#Cc1c2c(c(N3CCC(C(N)=O)CC3)n3c1nc1ccccc13)CN(C(=O)OCc1ccccc1)CC2. The minimum Gasteiger partial charge on any atom is -0.445 e. The van der Waals surface area contributed by atoms with Crippen LogP contribution < -0.4 is 10.6 Å². The number of primary amides is 1. The lowest BCUT2D eigenvalue weighted by atomic mass is 9.93. The van der Waals surface area contributed by atoms with Crippen LogP contribution in [0.4, 0.5) is 10.6 Å². The van der Waals surface area contributed by atoms with Crippen LogP contribution in [0, 0.1) is 17.2 Å². The van der Waals surface area contributed by atoms with Gasteiger partial charge in [0.2, 0.25) is 5.91 Å². The number of anilines is 1. The number of piperidine rings is 1. The summed E-state index contributed by atoms with van der Waals surface area (Å²) in [7, 11) is 0. The molecule has 38 heavy (non-hydrogen) atoms. The van der Waals surface area contributed by atoms with Crippen LogP contribution in [0.5, 0.6) is 0 Å². The molecular formula is C29H28N6O3. The van der Waals surface area contributed by atoms with Crippen LogP contribution in [0.15, 0.2) is 54.6 Å². The summed E-state index contributed by atoms with van der Waals surface area (Å²) in [6.45, 7) is 2.27. The van der Waals surface area contributed by atoms with Gasteiger partial charge in [-0.3, -0.25) is 9.20 Å². The number of para-hydroxylation sites is 2. The van der Waals surface area contributed by atoms with E-state index in [-0.39, 0.29) is 24.5 Å². The highest BCUT2D eigenvalue weighted by Crippen LogP contribution is 2.38. The first-order valence-corrected chi connectivity index (χ1v) is 12.9. The predicted molar refractivity (Wildman–Crippen MR) is 142 cm³/mol. The van der Waals surface area contributed by atoms with E-state index in [1.807, 2.05) is 54.6 Å². The fraction of sp³-hybridized carbons (Fsp3) is 0.310. The van der Waals surface area contributed by atoms with E-state index >= 15 is 0 Å². The molecule has 1 saturated heterocycles. The number of nitriles is 1. The maximum atomic E-state index is 13.1. The Kier molecular flexibility index (Phi) is 6.08. The van der Waals surface area contributed by atoms with E-state index < -0.39 is 0 Å². The zero-order valence-electron chi connectivity index (χ0n) is 21.0. The van der Waals surface area contributed by atoms with Crippen molar-refractivity contribution < 1.29 is 14.3 Å². The smallest absolute Gasteiger partial charge is 0.410 e. The van der Waals surface area contributed by atoms with Crippen molar-refractivity contribution in [3.8, 4) is 6.07 Å². The third-order valence-electron chi connectivity index (χ3n) is 7.68. The molecule has 0 aliphatic carbocycles. The molecule has 4 heterocycles. The Hall–Kier alpha value is -4.58. The third-order valence-corrected chi connectivity index (χ3v) is 7.68. The average molecular weight is 509 g/mol. The maximum absolute atomic E-state index is 13.1. The Balaban J connectivity index is 1.42. The summed E-state index contributed by atoms with van der Waals surface area (Å²) in [6, 6.07) is 19.8. The van der Waals surface area contributed by atoms with E-state index in [2.05, 4.69) is 15.4 Å². The minimum absolute atomic E-state index is 0.153. The molecule has 2 aromatic carbocycles. The molecule has 2 amide bonds. The van der Waals surface area contributed by atoms with Gasteiger partial charge in [-0.15, -0.1) is 0 Å². The Morgan fingerprint density at radius 2 is 1.76 bits per heavy atom. The van der Waals surface area contributed by atoms with Crippen molar-refractivity contribution in [2.75, 3.05) is 24.5 Å². The lowest BCUT2D eigenvalue weighted by Crippen LogP contribution is -2.42. The maximum Gasteiger partial charge on any atom is 0.410 e. The lowest BCUT2D eigenvalue weighted by Gasteiger charge is -2.37. The molecule has 0 radical (unpaired) electrons. The van der Waals surface area contributed by atoms with E-state index in [1.54, 1.807) is 4.90 Å². The van der Waals surface area contributed by atoms with Gasteiger partial charge in [0.05, 0.1) is 23.1 Å². The van der Waals surface area contributed by atoms with Crippen LogP contribution >= 0.6 is 0 Å². The molecule has 0 spiro atoms. The van der Waals surface area contributed by atoms with Crippen molar-refractivity contribution >= 4 is 34.5 Å². The first-order valence-electron chi connectivity index (χ1n) is 12.9. The molecule has 4 aromatic rings. The second-order valence-corrected chi connectivity index (χ2v) is 9.90. The van der Waals surface area contributed by atoms with E-state index in [1.165, 1.54) is 0 Å². The number of imidazole rings is 1. The Morgan fingerprint density at radius 3 is 2.50 bits per heavy atom. The number of hydrogen-bond acceptors (Lipinski definition) is 6. The van der Waals surface area contributed by atoms with Crippen LogP contribution in [0.25, 0.3) is 16.7 Å². The molecule has 9 heteroatoms. The number of hydrogen-bond donors (Lipinski definition) is 1. The van der Waals surface area contributed by atoms with Crippen molar-refractivity contribution in [1.29, 1.82) is 5.26 Å². The van der Waals surface area contributed by atoms with Gasteiger partial charge in [-0.25, -0.2) is 9.78 Å². The number of aromatic nitrogens is 2. The summed E-state index contributed by atoms with van der Waals surface area (Å²) in [5.74, 6) is 0.503. The highest BCUT2D eigenvalue weighted by Gasteiger charge is 2.33. The summed E-state index contributed by atoms with van der Waals surface area (Å²) in [4.78, 5) is 33.8. The monoisotopic (exact) mass is 508 g/mol. The first kappa shape index (κ1) is 23.8. The molecule has 6 rings (SSSR count). The number of fused-ring (bicyclic) bond motifs is 4. The van der Waals surface area contributed by atoms with E-state index in [4.69, 9.17) is 15.5 Å². The lowest BCUT2D eigenvalue weighted by molar-refractivity contribution is -0.122. The van der Waals surface area contributed by atoms with Gasteiger partial charge < -0.3 is 20.3 Å². The van der Waals surface area contributed by atoms with Gasteiger partial charge in [0.15, 0.2) is 5.65 Å². The van der Waals surface area contributed by atoms with Crippen LogP contribution in [0.3, 0.4) is 0 Å². The van der Waals surface area contributed by atoms with Crippen molar-refractivity contribution in [2.45, 2.75) is 32.4 Å². The molecule has 2 aliphatic rings. The van der Waals surface area contributed by atoms with E-state index in [0.29, 0.717) is 56.7 Å². The molecule has 0 saturated carbocycles. The number of rotatable bonds is 4. The molecule has 9 nitrogen and oxygen atoms in total. The summed E-state index contributed by atoms with van der Waals surface area (Å²) in [5, 5.41) is 10.2. The van der Waals surface area contributed by atoms with Crippen molar-refractivity contribution in [1.82, 2.24) is 14.3 Å². The van der Waals surface area contributed by atoms with E-state index in [0.717, 1.165) is 33.5 Å². The molecule has 0 bridgehead atoms. The average Bonchev–Trinajstić information content (AvgIpc) is 3.34. The van der Waals surface area contributed by atoms with Crippen LogP contribution in [-0.4, -0.2) is 45.9 Å². The van der Waals surface area contributed by atoms with Crippen molar-refractivity contribution in [3.05, 3.63) is 76.9 Å². The van der Waals surface area contributed by atoms with Gasteiger partial charge in [-0.1, -0.05) is 42.5 Å². The largest absolute Gasteiger partial charge is 0.445 e. The second-order valence-electron chi connectivity index (χ2n) is 9.90. The van der Waals surface area contributed by atoms with Gasteiger partial charge in [-0.05, 0) is 42.5 Å². The van der Waals surface area contributed by atoms with Crippen LogP contribution in [0.2, 0.25) is 0 Å². The molecule has 1 fully saturated rings. The zero-order valence-corrected chi connectivity index (χ0v) is 21.0. The topological polar surface area (TPSA) is 117 Å². The molecular weight excluding hydrogens is 480 g/mol. The third kappa shape index (κ3) is 4.08. The highest BCUT2D eigenvalue weighted by molar-refractivity contribution is 5.87. The number of carbonyl (C=O) groups is 2. The predicted octanol–water partition coefficient (Wildman–Crippen LogP) is 3.76. The van der Waals surface area contributed by atoms with E-state index in [9.17, 15) is 14.9 Å². The zero-order chi connectivity index (χ0) is 26.2. The Labute approximate surface area is 220 Å². The molecule has 2 N–H and O–H groups in total. The fourth-order valence-corrected chi connectivity index (χ4v) is 5.71. The molecule has 0 unspecified atom stereocenters. The molecule has 2 aromatic heterocycles. The summed E-state index contributed by atoms with van der Waals surface area (Å²) >= 11 is 0. The summed E-state index contributed by atoms with van der Waals surface area (Å²) < 4.78 is 7.70. The minimum atomic E-state index is -0.382. The van der Waals surface area contributed by atoms with Gasteiger partial charge >= 0.3 is 6.09 Å². The number of benzene rings is 2. The van der Waals surface area contributed by atoms with Gasteiger partial charge in [-0.2, -0.15) is 5.26 Å². The summed E-state index contributed by atoms with van der Waals surface area (Å²) in [5.41, 5.74) is 11.3. The number of pyridine rings is 1. The summed E-state index contributed by atoms with van der Waals surface area (Å²) in [6.07, 6.45) is 1.46. The molecule has 0 atom stereocenters. The number of amides is 2.